The highest BCUT2D eigenvalue weighted by Gasteiger charge is 2.41. The normalized spacial score (nSPS) is 34.0. The van der Waals surface area contributed by atoms with Crippen molar-refractivity contribution in [1.82, 2.24) is 0 Å². The van der Waals surface area contributed by atoms with E-state index in [1.54, 1.807) is 0 Å². The Bertz CT molecular complexity index is 132. The molecule has 44 valence electrons. The molecule has 3 nitrogen and oxygen atoms in total. The minimum absolute atomic E-state index is 0.0625. The van der Waals surface area contributed by atoms with Crippen molar-refractivity contribution in [3.8, 4) is 0 Å². The van der Waals surface area contributed by atoms with Gasteiger partial charge in [-0.25, -0.2) is 0 Å². The minimum atomic E-state index is -0.345. The monoisotopic (exact) mass is 113 g/mol. The number of hydrogen-bond acceptors (Lipinski definition) is 2. The van der Waals surface area contributed by atoms with Crippen molar-refractivity contribution in [3.63, 3.8) is 0 Å². The van der Waals surface area contributed by atoms with Crippen LogP contribution in [0.15, 0.2) is 0 Å². The Balaban J connectivity index is 2.36. The fourth-order valence-electron chi connectivity index (χ4n) is 0.692. The van der Waals surface area contributed by atoms with Crippen LogP contribution >= 0.6 is 0 Å². The molecular formula is C5H7NO2. The van der Waals surface area contributed by atoms with E-state index in [2.05, 4.69) is 0 Å². The number of rotatable bonds is 2. The molecule has 0 aromatic rings. The Morgan fingerprint density at radius 2 is 2.38 bits per heavy atom. The third kappa shape index (κ3) is 0.710. The number of primary amides is 1. The molecule has 8 heavy (non-hydrogen) atoms. The molecule has 1 aliphatic carbocycles. The zero-order chi connectivity index (χ0) is 6.15. The van der Waals surface area contributed by atoms with Gasteiger partial charge >= 0.3 is 0 Å². The van der Waals surface area contributed by atoms with E-state index in [0.29, 0.717) is 6.42 Å². The number of aldehydes is 1. The molecule has 2 atom stereocenters. The Morgan fingerprint density at radius 3 is 2.50 bits per heavy atom. The molecule has 0 aliphatic heterocycles. The first-order chi connectivity index (χ1) is 3.75. The van der Waals surface area contributed by atoms with E-state index in [1.807, 2.05) is 0 Å². The van der Waals surface area contributed by atoms with Gasteiger partial charge in [0.05, 0.1) is 0 Å². The zero-order valence-corrected chi connectivity index (χ0v) is 4.33. The Hall–Kier alpha value is -0.860. The molecule has 0 spiro atoms. The summed E-state index contributed by atoms with van der Waals surface area (Å²) in [4.78, 5) is 20.1. The van der Waals surface area contributed by atoms with Crippen LogP contribution in [0.2, 0.25) is 0 Å². The molecule has 0 saturated heterocycles. The molecule has 0 aromatic heterocycles. The van der Waals surface area contributed by atoms with Gasteiger partial charge in [-0.3, -0.25) is 4.79 Å². The molecule has 0 bridgehead atoms. The maximum absolute atomic E-state index is 10.2. The lowest BCUT2D eigenvalue weighted by molar-refractivity contribution is -0.120. The number of carbonyl (C=O) groups is 2. The van der Waals surface area contributed by atoms with E-state index in [1.165, 1.54) is 0 Å². The highest BCUT2D eigenvalue weighted by atomic mass is 16.1. The van der Waals surface area contributed by atoms with Gasteiger partial charge in [0.15, 0.2) is 0 Å². The fraction of sp³-hybridized carbons (Fsp3) is 0.600. The Morgan fingerprint density at radius 1 is 1.75 bits per heavy atom. The molecule has 1 fully saturated rings. The number of nitrogens with two attached hydrogens (primary N) is 1. The lowest BCUT2D eigenvalue weighted by Gasteiger charge is -1.81. The van der Waals surface area contributed by atoms with Crippen LogP contribution < -0.4 is 5.73 Å². The average Bonchev–Trinajstić information content (AvgIpc) is 2.42. The van der Waals surface area contributed by atoms with Gasteiger partial charge in [-0.2, -0.15) is 0 Å². The van der Waals surface area contributed by atoms with Crippen LogP contribution in [-0.2, 0) is 9.59 Å². The largest absolute Gasteiger partial charge is 0.369 e. The predicted molar refractivity (Wildman–Crippen MR) is 26.9 cm³/mol. The van der Waals surface area contributed by atoms with Crippen LogP contribution in [0.5, 0.6) is 0 Å². The van der Waals surface area contributed by atoms with Gasteiger partial charge in [0.25, 0.3) is 0 Å². The number of carbonyl (C=O) groups excluding carboxylic acids is 2. The van der Waals surface area contributed by atoms with Crippen molar-refractivity contribution in [2.45, 2.75) is 6.42 Å². The smallest absolute Gasteiger partial charge is 0.221 e. The maximum Gasteiger partial charge on any atom is 0.221 e. The van der Waals surface area contributed by atoms with Gasteiger partial charge in [-0.1, -0.05) is 0 Å². The highest BCUT2D eigenvalue weighted by Crippen LogP contribution is 2.35. The lowest BCUT2D eigenvalue weighted by Crippen LogP contribution is -2.14. The number of amides is 1. The van der Waals surface area contributed by atoms with Crippen LogP contribution in [0.4, 0.5) is 0 Å². The summed E-state index contributed by atoms with van der Waals surface area (Å²) >= 11 is 0. The van der Waals surface area contributed by atoms with Crippen LogP contribution in [0.3, 0.4) is 0 Å². The molecule has 1 saturated carbocycles. The summed E-state index contributed by atoms with van der Waals surface area (Å²) in [5, 5.41) is 0. The van der Waals surface area contributed by atoms with Crippen molar-refractivity contribution >= 4 is 12.2 Å². The second kappa shape index (κ2) is 1.58. The topological polar surface area (TPSA) is 60.2 Å². The molecule has 0 radical (unpaired) electrons. The summed E-state index contributed by atoms with van der Waals surface area (Å²) in [6, 6.07) is 0. The van der Waals surface area contributed by atoms with Crippen LogP contribution in [0.25, 0.3) is 0 Å². The average molecular weight is 113 g/mol. The molecule has 0 unspecified atom stereocenters. The van der Waals surface area contributed by atoms with Crippen molar-refractivity contribution in [2.75, 3.05) is 0 Å². The predicted octanol–water partition coefficient (Wildman–Crippen LogP) is -0.693. The van der Waals surface area contributed by atoms with Gasteiger partial charge in [-0.05, 0) is 6.42 Å². The molecule has 1 aliphatic rings. The molecule has 1 amide bonds. The van der Waals surface area contributed by atoms with Crippen molar-refractivity contribution < 1.29 is 9.59 Å². The van der Waals surface area contributed by atoms with Crippen molar-refractivity contribution in [1.29, 1.82) is 0 Å². The quantitative estimate of drug-likeness (QED) is 0.481. The zero-order valence-electron chi connectivity index (χ0n) is 4.33. The van der Waals surface area contributed by atoms with E-state index in [9.17, 15) is 9.59 Å². The molecule has 0 aromatic carbocycles. The molecule has 3 heteroatoms. The van der Waals surface area contributed by atoms with Gasteiger partial charge in [0.1, 0.15) is 6.29 Å². The second-order valence-corrected chi connectivity index (χ2v) is 2.04. The molecule has 1 rings (SSSR count). The van der Waals surface area contributed by atoms with Gasteiger partial charge in [0.2, 0.25) is 5.91 Å². The van der Waals surface area contributed by atoms with Crippen molar-refractivity contribution in [3.05, 3.63) is 0 Å². The summed E-state index contributed by atoms with van der Waals surface area (Å²) in [5.41, 5.74) is 4.87. The first-order valence-electron chi connectivity index (χ1n) is 2.50. The van der Waals surface area contributed by atoms with Crippen molar-refractivity contribution in [2.24, 2.45) is 17.6 Å². The van der Waals surface area contributed by atoms with Gasteiger partial charge in [0, 0.05) is 11.8 Å². The molecular weight excluding hydrogens is 106 g/mol. The van der Waals surface area contributed by atoms with E-state index in [0.717, 1.165) is 6.29 Å². The third-order valence-corrected chi connectivity index (χ3v) is 1.38. The first-order valence-corrected chi connectivity index (χ1v) is 2.50. The van der Waals surface area contributed by atoms with Gasteiger partial charge < -0.3 is 10.5 Å². The number of hydrogen-bond donors (Lipinski definition) is 1. The van der Waals surface area contributed by atoms with Crippen LogP contribution in [0, 0.1) is 11.8 Å². The van der Waals surface area contributed by atoms with Crippen LogP contribution in [0.1, 0.15) is 6.42 Å². The summed E-state index contributed by atoms with van der Waals surface area (Å²) in [5.74, 6) is -0.554. The Labute approximate surface area is 46.9 Å². The summed E-state index contributed by atoms with van der Waals surface area (Å²) < 4.78 is 0. The SMILES string of the molecule is NC(=O)[C@H]1C[C@@H]1C=O. The molecule has 0 heterocycles. The summed E-state index contributed by atoms with van der Waals surface area (Å²) in [7, 11) is 0. The third-order valence-electron chi connectivity index (χ3n) is 1.38. The maximum atomic E-state index is 10.2. The standard InChI is InChI=1S/C5H7NO2/c6-5(8)4-1-3(4)2-7/h2-4H,1H2,(H2,6,8)/t3-,4+/m1/s1. The van der Waals surface area contributed by atoms with E-state index in [-0.39, 0.29) is 17.7 Å². The van der Waals surface area contributed by atoms with E-state index < -0.39 is 0 Å². The highest BCUT2D eigenvalue weighted by molar-refractivity contribution is 5.84. The van der Waals surface area contributed by atoms with Crippen LogP contribution in [-0.4, -0.2) is 12.2 Å². The second-order valence-electron chi connectivity index (χ2n) is 2.04. The van der Waals surface area contributed by atoms with E-state index >= 15 is 0 Å². The molecule has 2 N–H and O–H groups in total. The Kier molecular flexibility index (Phi) is 1.04. The fourth-order valence-corrected chi connectivity index (χ4v) is 0.692. The van der Waals surface area contributed by atoms with Gasteiger partial charge in [-0.15, -0.1) is 0 Å². The summed E-state index contributed by atoms with van der Waals surface area (Å²) in [6.07, 6.45) is 1.45. The summed E-state index contributed by atoms with van der Waals surface area (Å²) in [6.45, 7) is 0. The van der Waals surface area contributed by atoms with E-state index in [4.69, 9.17) is 5.73 Å². The minimum Gasteiger partial charge on any atom is -0.369 e. The lowest BCUT2D eigenvalue weighted by atomic mass is 10.3. The first kappa shape index (κ1) is 5.28.